The van der Waals surface area contributed by atoms with E-state index >= 15 is 0 Å². The highest BCUT2D eigenvalue weighted by atomic mass is 28.4. The third-order valence-electron chi connectivity index (χ3n) is 1.94. The van der Waals surface area contributed by atoms with E-state index in [4.69, 9.17) is 13.6 Å². The van der Waals surface area contributed by atoms with Gasteiger partial charge in [-0.25, -0.2) is 0 Å². The van der Waals surface area contributed by atoms with Crippen LogP contribution >= 0.6 is 0 Å². The van der Waals surface area contributed by atoms with Crippen LogP contribution in [0.3, 0.4) is 0 Å². The fraction of sp³-hybridized carbons (Fsp3) is 0.889. The molecule has 5 heteroatoms. The summed E-state index contributed by atoms with van der Waals surface area (Å²) in [5, 5.41) is 0. The van der Waals surface area contributed by atoms with E-state index in [1.165, 1.54) is 0 Å². The monoisotopic (exact) mass is 220 g/mol. The second kappa shape index (κ2) is 4.91. The van der Waals surface area contributed by atoms with E-state index in [0.717, 1.165) is 0 Å². The van der Waals surface area contributed by atoms with Gasteiger partial charge in [0.15, 0.2) is 0 Å². The first kappa shape index (κ1) is 13.6. The molecule has 0 bridgehead atoms. The molecule has 0 fully saturated rings. The van der Waals surface area contributed by atoms with E-state index in [0.29, 0.717) is 0 Å². The topological polar surface area (TPSA) is 44.8 Å². The molecular weight excluding hydrogens is 200 g/mol. The fourth-order valence-electron chi connectivity index (χ4n) is 0.614. The summed E-state index contributed by atoms with van der Waals surface area (Å²) in [6, 6.07) is 0. The molecule has 0 saturated carbocycles. The average molecular weight is 220 g/mol. The molecule has 0 N–H and O–H groups in total. The predicted molar refractivity (Wildman–Crippen MR) is 56.1 cm³/mol. The minimum Gasteiger partial charge on any atom is -0.463 e. The molecular formula is C9H20O4Si. The van der Waals surface area contributed by atoms with E-state index in [1.54, 1.807) is 14.2 Å². The lowest BCUT2D eigenvalue weighted by Gasteiger charge is -2.24. The van der Waals surface area contributed by atoms with Crippen molar-refractivity contribution in [3.63, 3.8) is 0 Å². The maximum Gasteiger partial charge on any atom is 0.373 e. The zero-order chi connectivity index (χ0) is 11.4. The Balaban J connectivity index is 4.12. The summed E-state index contributed by atoms with van der Waals surface area (Å²) < 4.78 is 15.5. The third-order valence-corrected chi connectivity index (χ3v) is 4.34. The van der Waals surface area contributed by atoms with Crippen molar-refractivity contribution in [3.05, 3.63) is 0 Å². The van der Waals surface area contributed by atoms with Crippen molar-refractivity contribution in [3.8, 4) is 0 Å². The summed E-state index contributed by atoms with van der Waals surface area (Å²) >= 11 is 0. The van der Waals surface area contributed by atoms with Gasteiger partial charge in [0.05, 0.1) is 5.41 Å². The summed E-state index contributed by atoms with van der Waals surface area (Å²) in [6.07, 6.45) is 0.232. The van der Waals surface area contributed by atoms with Gasteiger partial charge in [-0.15, -0.1) is 0 Å². The minimum absolute atomic E-state index is 0.231. The van der Waals surface area contributed by atoms with E-state index in [1.807, 2.05) is 27.3 Å². The van der Waals surface area contributed by atoms with Gasteiger partial charge in [0.2, 0.25) is 0 Å². The number of rotatable bonds is 4. The predicted octanol–water partition coefficient (Wildman–Crippen LogP) is 1.48. The van der Waals surface area contributed by atoms with E-state index in [-0.39, 0.29) is 12.2 Å². The third kappa shape index (κ3) is 4.21. The second-order valence-electron chi connectivity index (χ2n) is 4.37. The second-order valence-corrected chi connectivity index (χ2v) is 7.74. The van der Waals surface area contributed by atoms with Crippen LogP contribution in [0.1, 0.15) is 20.8 Å². The summed E-state index contributed by atoms with van der Waals surface area (Å²) in [5.41, 5.74) is -0.475. The Bertz CT molecular complexity index is 193. The molecule has 0 saturated heterocycles. The highest BCUT2D eigenvalue weighted by Gasteiger charge is 2.33. The molecule has 0 heterocycles. The van der Waals surface area contributed by atoms with Gasteiger partial charge in [0.25, 0.3) is 0 Å². The lowest BCUT2D eigenvalue weighted by atomic mass is 9.98. The highest BCUT2D eigenvalue weighted by Crippen LogP contribution is 2.16. The standard InChI is InChI=1S/C9H20O4Si/c1-9(2,3)8(10)13-7-14(6,11-4)12-5/h7H2,1-6H3. The number of hydrogen-bond acceptors (Lipinski definition) is 4. The van der Waals surface area contributed by atoms with Gasteiger partial charge in [-0.1, -0.05) is 0 Å². The Morgan fingerprint density at radius 2 is 1.64 bits per heavy atom. The SMILES string of the molecule is CO[Si](C)(COC(=O)C(C)(C)C)OC. The molecule has 0 aliphatic heterocycles. The summed E-state index contributed by atoms with van der Waals surface area (Å²) in [7, 11) is 0.858. The number of ether oxygens (including phenoxy) is 1. The molecule has 0 aromatic rings. The molecule has 14 heavy (non-hydrogen) atoms. The van der Waals surface area contributed by atoms with Crippen molar-refractivity contribution in [1.82, 2.24) is 0 Å². The Kier molecular flexibility index (Phi) is 4.77. The van der Waals surface area contributed by atoms with Crippen molar-refractivity contribution in [2.45, 2.75) is 27.3 Å². The zero-order valence-corrected chi connectivity index (χ0v) is 10.8. The molecule has 0 radical (unpaired) electrons. The van der Waals surface area contributed by atoms with Crippen LogP contribution in [-0.2, 0) is 18.4 Å². The lowest BCUT2D eigenvalue weighted by molar-refractivity contribution is -0.151. The summed E-state index contributed by atoms with van der Waals surface area (Å²) in [6.45, 7) is 7.29. The van der Waals surface area contributed by atoms with E-state index in [2.05, 4.69) is 0 Å². The van der Waals surface area contributed by atoms with Crippen molar-refractivity contribution < 1.29 is 18.4 Å². The molecule has 0 atom stereocenters. The van der Waals surface area contributed by atoms with Crippen LogP contribution in [0.4, 0.5) is 0 Å². The van der Waals surface area contributed by atoms with Crippen molar-refractivity contribution in [2.75, 3.05) is 20.4 Å². The van der Waals surface area contributed by atoms with Gasteiger partial charge in [-0.2, -0.15) is 0 Å². The number of hydrogen-bond donors (Lipinski definition) is 0. The maximum atomic E-state index is 11.4. The molecule has 0 rings (SSSR count). The molecule has 0 aliphatic carbocycles. The Morgan fingerprint density at radius 1 is 1.21 bits per heavy atom. The first-order chi connectivity index (χ1) is 6.25. The lowest BCUT2D eigenvalue weighted by Crippen LogP contribution is -2.44. The van der Waals surface area contributed by atoms with Crippen molar-refractivity contribution >= 4 is 14.5 Å². The Hall–Kier alpha value is -0.393. The largest absolute Gasteiger partial charge is 0.463 e. The van der Waals surface area contributed by atoms with Crippen LogP contribution in [0.2, 0.25) is 6.55 Å². The highest BCUT2D eigenvalue weighted by molar-refractivity contribution is 6.65. The molecule has 0 aromatic heterocycles. The van der Waals surface area contributed by atoms with Crippen molar-refractivity contribution in [2.24, 2.45) is 5.41 Å². The number of carbonyl (C=O) groups is 1. The molecule has 84 valence electrons. The quantitative estimate of drug-likeness (QED) is 0.532. The smallest absolute Gasteiger partial charge is 0.373 e. The van der Waals surface area contributed by atoms with Gasteiger partial charge in [-0.05, 0) is 27.3 Å². The molecule has 0 unspecified atom stereocenters. The van der Waals surface area contributed by atoms with E-state index in [9.17, 15) is 4.79 Å². The fourth-order valence-corrected chi connectivity index (χ4v) is 1.41. The molecule has 0 amide bonds. The number of carbonyl (C=O) groups excluding carboxylic acids is 1. The van der Waals surface area contributed by atoms with Gasteiger partial charge in [0, 0.05) is 14.2 Å². The van der Waals surface area contributed by atoms with Crippen LogP contribution in [0.15, 0.2) is 0 Å². The minimum atomic E-state index is -2.28. The first-order valence-electron chi connectivity index (χ1n) is 4.53. The molecule has 4 nitrogen and oxygen atoms in total. The molecule has 0 aromatic carbocycles. The van der Waals surface area contributed by atoms with Gasteiger partial charge >= 0.3 is 14.5 Å². The molecule has 0 spiro atoms. The maximum absolute atomic E-state index is 11.4. The van der Waals surface area contributed by atoms with Gasteiger partial charge < -0.3 is 13.6 Å². The van der Waals surface area contributed by atoms with Crippen LogP contribution in [0.5, 0.6) is 0 Å². The Morgan fingerprint density at radius 3 is 1.93 bits per heavy atom. The van der Waals surface area contributed by atoms with E-state index < -0.39 is 14.0 Å². The first-order valence-corrected chi connectivity index (χ1v) is 7.05. The van der Waals surface area contributed by atoms with Crippen LogP contribution < -0.4 is 0 Å². The van der Waals surface area contributed by atoms with Crippen LogP contribution in [0.25, 0.3) is 0 Å². The average Bonchev–Trinajstić information content (AvgIpc) is 2.12. The van der Waals surface area contributed by atoms with Crippen LogP contribution in [-0.4, -0.2) is 35.0 Å². The van der Waals surface area contributed by atoms with Gasteiger partial charge in [-0.3, -0.25) is 4.79 Å². The normalized spacial score (nSPS) is 12.7. The number of esters is 1. The zero-order valence-electron chi connectivity index (χ0n) is 9.84. The van der Waals surface area contributed by atoms with Crippen molar-refractivity contribution in [1.29, 1.82) is 0 Å². The van der Waals surface area contributed by atoms with Crippen LogP contribution in [0, 0.1) is 5.41 Å². The van der Waals surface area contributed by atoms with Gasteiger partial charge in [0.1, 0.15) is 6.23 Å². The summed E-state index contributed by atoms with van der Waals surface area (Å²) in [4.78, 5) is 11.4. The Labute approximate surface area is 86.8 Å². The summed E-state index contributed by atoms with van der Waals surface area (Å²) in [5.74, 6) is -0.231. The molecule has 0 aliphatic rings.